The number of aliphatic hydroxyl groups is 1. The zero-order valence-corrected chi connectivity index (χ0v) is 11.7. The zero-order chi connectivity index (χ0) is 14.4. The summed E-state index contributed by atoms with van der Waals surface area (Å²) in [7, 11) is 0. The molecule has 20 heavy (non-hydrogen) atoms. The van der Waals surface area contributed by atoms with Gasteiger partial charge in [0.25, 0.3) is 5.91 Å². The first kappa shape index (κ1) is 14.7. The fourth-order valence-corrected chi connectivity index (χ4v) is 1.89. The predicted molar refractivity (Wildman–Crippen MR) is 74.8 cm³/mol. The number of nitrogens with one attached hydrogen (secondary N) is 1. The quantitative estimate of drug-likeness (QED) is 0.756. The standard InChI is InChI=1S/C15H21NO4/c1-2-19-13-5-3-4-12(9-17)15(13)20-10-14(18)16-8-11-6-7-11/h3-5,11,17H,2,6-10H2,1H3,(H,16,18). The maximum Gasteiger partial charge on any atom is 0.257 e. The van der Waals surface area contributed by atoms with Crippen molar-refractivity contribution in [3.8, 4) is 11.5 Å². The van der Waals surface area contributed by atoms with Gasteiger partial charge in [-0.3, -0.25) is 4.79 Å². The average Bonchev–Trinajstić information content (AvgIpc) is 3.28. The van der Waals surface area contributed by atoms with Crippen LogP contribution >= 0.6 is 0 Å². The van der Waals surface area contributed by atoms with Gasteiger partial charge in [-0.15, -0.1) is 0 Å². The van der Waals surface area contributed by atoms with Crippen LogP contribution in [0.15, 0.2) is 18.2 Å². The van der Waals surface area contributed by atoms with E-state index in [9.17, 15) is 9.90 Å². The number of hydrogen-bond acceptors (Lipinski definition) is 4. The van der Waals surface area contributed by atoms with E-state index in [0.29, 0.717) is 29.6 Å². The Hall–Kier alpha value is -1.75. The van der Waals surface area contributed by atoms with Gasteiger partial charge < -0.3 is 19.9 Å². The third-order valence-electron chi connectivity index (χ3n) is 3.16. The molecule has 0 unspecified atom stereocenters. The summed E-state index contributed by atoms with van der Waals surface area (Å²) in [6, 6.07) is 5.30. The lowest BCUT2D eigenvalue weighted by atomic mass is 10.2. The molecule has 0 spiro atoms. The number of amides is 1. The zero-order valence-electron chi connectivity index (χ0n) is 11.7. The highest BCUT2D eigenvalue weighted by atomic mass is 16.5. The van der Waals surface area contributed by atoms with Crippen LogP contribution in [0.25, 0.3) is 0 Å². The Labute approximate surface area is 118 Å². The van der Waals surface area contributed by atoms with Gasteiger partial charge in [0.15, 0.2) is 18.1 Å². The Kier molecular flexibility index (Phi) is 5.24. The van der Waals surface area contributed by atoms with E-state index in [1.165, 1.54) is 12.8 Å². The molecule has 5 nitrogen and oxygen atoms in total. The van der Waals surface area contributed by atoms with Crippen LogP contribution in [-0.4, -0.2) is 30.8 Å². The molecule has 1 aliphatic rings. The average molecular weight is 279 g/mol. The molecule has 1 amide bonds. The number of rotatable bonds is 8. The lowest BCUT2D eigenvalue weighted by molar-refractivity contribution is -0.123. The largest absolute Gasteiger partial charge is 0.490 e. The maximum atomic E-state index is 11.7. The minimum absolute atomic E-state index is 0.0657. The van der Waals surface area contributed by atoms with Crippen LogP contribution in [0.2, 0.25) is 0 Å². The van der Waals surface area contributed by atoms with E-state index in [-0.39, 0.29) is 19.1 Å². The van der Waals surface area contributed by atoms with E-state index in [1.807, 2.05) is 6.92 Å². The van der Waals surface area contributed by atoms with Crippen molar-refractivity contribution >= 4 is 5.91 Å². The summed E-state index contributed by atoms with van der Waals surface area (Å²) >= 11 is 0. The second-order valence-corrected chi connectivity index (χ2v) is 4.87. The lowest BCUT2D eigenvalue weighted by Gasteiger charge is -2.14. The van der Waals surface area contributed by atoms with Crippen molar-refractivity contribution in [3.63, 3.8) is 0 Å². The second kappa shape index (κ2) is 7.14. The maximum absolute atomic E-state index is 11.7. The highest BCUT2D eigenvalue weighted by Gasteiger charge is 2.21. The van der Waals surface area contributed by atoms with E-state index in [2.05, 4.69) is 5.32 Å². The molecule has 0 aliphatic heterocycles. The smallest absolute Gasteiger partial charge is 0.257 e. The van der Waals surface area contributed by atoms with Crippen LogP contribution < -0.4 is 14.8 Å². The number of benzene rings is 1. The van der Waals surface area contributed by atoms with Gasteiger partial charge in [0.05, 0.1) is 13.2 Å². The van der Waals surface area contributed by atoms with Gasteiger partial charge in [0, 0.05) is 12.1 Å². The summed E-state index contributed by atoms with van der Waals surface area (Å²) in [5.74, 6) is 1.49. The summed E-state index contributed by atoms with van der Waals surface area (Å²) in [4.78, 5) is 11.7. The van der Waals surface area contributed by atoms with Crippen LogP contribution in [0.1, 0.15) is 25.3 Å². The van der Waals surface area contributed by atoms with Gasteiger partial charge >= 0.3 is 0 Å². The predicted octanol–water partition coefficient (Wildman–Crippen LogP) is 1.48. The monoisotopic (exact) mass is 279 g/mol. The first-order valence-electron chi connectivity index (χ1n) is 6.99. The van der Waals surface area contributed by atoms with Crippen molar-refractivity contribution in [1.29, 1.82) is 0 Å². The summed E-state index contributed by atoms with van der Waals surface area (Å²) in [5, 5.41) is 12.2. The number of carbonyl (C=O) groups is 1. The van der Waals surface area contributed by atoms with Crippen molar-refractivity contribution in [3.05, 3.63) is 23.8 Å². The minimum Gasteiger partial charge on any atom is -0.490 e. The number of aliphatic hydroxyl groups excluding tert-OH is 1. The van der Waals surface area contributed by atoms with Crippen molar-refractivity contribution in [2.45, 2.75) is 26.4 Å². The molecule has 2 rings (SSSR count). The summed E-state index contributed by atoms with van der Waals surface area (Å²) in [5.41, 5.74) is 0.617. The molecule has 1 saturated carbocycles. The first-order chi connectivity index (χ1) is 9.74. The van der Waals surface area contributed by atoms with Gasteiger partial charge in [0.1, 0.15) is 0 Å². The molecule has 110 valence electrons. The van der Waals surface area contributed by atoms with E-state index in [1.54, 1.807) is 18.2 Å². The van der Waals surface area contributed by atoms with E-state index >= 15 is 0 Å². The third-order valence-corrected chi connectivity index (χ3v) is 3.16. The Morgan fingerprint density at radius 1 is 1.40 bits per heavy atom. The highest BCUT2D eigenvalue weighted by Crippen LogP contribution is 2.31. The lowest BCUT2D eigenvalue weighted by Crippen LogP contribution is -2.30. The molecular formula is C15H21NO4. The van der Waals surface area contributed by atoms with Crippen LogP contribution in [0, 0.1) is 5.92 Å². The molecule has 5 heteroatoms. The van der Waals surface area contributed by atoms with Gasteiger partial charge in [-0.05, 0) is 31.7 Å². The van der Waals surface area contributed by atoms with E-state index in [0.717, 1.165) is 6.54 Å². The molecule has 1 aromatic carbocycles. The number of ether oxygens (including phenoxy) is 2. The van der Waals surface area contributed by atoms with Crippen molar-refractivity contribution < 1.29 is 19.4 Å². The molecule has 0 atom stereocenters. The van der Waals surface area contributed by atoms with Crippen molar-refractivity contribution in [1.82, 2.24) is 5.32 Å². The molecule has 0 heterocycles. The third kappa shape index (κ3) is 4.13. The van der Waals surface area contributed by atoms with Crippen LogP contribution in [0.3, 0.4) is 0 Å². The van der Waals surface area contributed by atoms with Gasteiger partial charge in [-0.2, -0.15) is 0 Å². The Balaban J connectivity index is 1.93. The van der Waals surface area contributed by atoms with Crippen molar-refractivity contribution in [2.75, 3.05) is 19.8 Å². The van der Waals surface area contributed by atoms with Gasteiger partial charge in [-0.1, -0.05) is 12.1 Å². The second-order valence-electron chi connectivity index (χ2n) is 4.87. The first-order valence-corrected chi connectivity index (χ1v) is 6.99. The Morgan fingerprint density at radius 3 is 2.85 bits per heavy atom. The molecule has 1 aliphatic carbocycles. The van der Waals surface area contributed by atoms with Crippen molar-refractivity contribution in [2.24, 2.45) is 5.92 Å². The fourth-order valence-electron chi connectivity index (χ4n) is 1.89. The number of carbonyl (C=O) groups excluding carboxylic acids is 1. The molecule has 0 aromatic heterocycles. The summed E-state index contributed by atoms with van der Waals surface area (Å²) in [6.07, 6.45) is 2.39. The molecule has 0 radical (unpaired) electrons. The van der Waals surface area contributed by atoms with Crippen LogP contribution in [0.4, 0.5) is 0 Å². The normalized spacial score (nSPS) is 13.9. The minimum atomic E-state index is -0.153. The van der Waals surface area contributed by atoms with Gasteiger partial charge in [0.2, 0.25) is 0 Å². The molecule has 2 N–H and O–H groups in total. The molecule has 1 aromatic rings. The number of hydrogen-bond donors (Lipinski definition) is 2. The van der Waals surface area contributed by atoms with E-state index < -0.39 is 0 Å². The van der Waals surface area contributed by atoms with Crippen LogP contribution in [-0.2, 0) is 11.4 Å². The molecule has 0 bridgehead atoms. The van der Waals surface area contributed by atoms with Crippen LogP contribution in [0.5, 0.6) is 11.5 Å². The molecular weight excluding hydrogens is 258 g/mol. The number of para-hydroxylation sites is 1. The summed E-state index contributed by atoms with van der Waals surface area (Å²) < 4.78 is 11.0. The van der Waals surface area contributed by atoms with E-state index in [4.69, 9.17) is 9.47 Å². The van der Waals surface area contributed by atoms with Gasteiger partial charge in [-0.25, -0.2) is 0 Å². The Bertz CT molecular complexity index is 457. The molecule has 0 saturated heterocycles. The summed E-state index contributed by atoms with van der Waals surface area (Å²) in [6.45, 7) is 2.88. The highest BCUT2D eigenvalue weighted by molar-refractivity contribution is 5.77. The fraction of sp³-hybridized carbons (Fsp3) is 0.533. The SMILES string of the molecule is CCOc1cccc(CO)c1OCC(=O)NCC1CC1. The molecule has 1 fully saturated rings. The topological polar surface area (TPSA) is 67.8 Å². The Morgan fingerprint density at radius 2 is 2.20 bits per heavy atom.